The zero-order valence-corrected chi connectivity index (χ0v) is 22.5. The zero-order chi connectivity index (χ0) is 27.3. The summed E-state index contributed by atoms with van der Waals surface area (Å²) in [6.07, 6.45) is 11.9. The van der Waals surface area contributed by atoms with E-state index in [2.05, 4.69) is 36.9 Å². The molecule has 1 aliphatic carbocycles. The Hall–Kier alpha value is -3.99. The number of carbonyl (C=O) groups is 1. The number of fused-ring (bicyclic) bond motifs is 1. The van der Waals surface area contributed by atoms with Crippen molar-refractivity contribution >= 4 is 22.6 Å². The third-order valence-electron chi connectivity index (χ3n) is 8.77. The van der Waals surface area contributed by atoms with Crippen molar-refractivity contribution < 1.29 is 9.90 Å². The molecule has 11 nitrogen and oxygen atoms in total. The molecule has 40 heavy (non-hydrogen) atoms. The molecule has 0 atom stereocenters. The standard InChI is InChI=1S/C29H34N8O3/c38-27(21-2-3-21)34-16-10-29(40,11-17-34)19-35-20-30-26-25(28(35)39)18-32-37(26)24-6-4-22(5-7-24)33-14-8-23(9-15-33)36-13-1-12-31-36/h1,4-7,12-13,18,20-21,23,40H,2-3,8-11,14-17,19H2. The lowest BCUT2D eigenvalue weighted by Crippen LogP contribution is -2.50. The summed E-state index contributed by atoms with van der Waals surface area (Å²) in [5, 5.41) is 20.5. The first-order valence-corrected chi connectivity index (χ1v) is 14.3. The van der Waals surface area contributed by atoms with Crippen molar-refractivity contribution in [2.24, 2.45) is 5.92 Å². The Balaban J connectivity index is 1.03. The van der Waals surface area contributed by atoms with Gasteiger partial charge in [-0.1, -0.05) is 0 Å². The number of piperidine rings is 2. The molecule has 2 saturated heterocycles. The number of amides is 1. The van der Waals surface area contributed by atoms with E-state index in [9.17, 15) is 14.7 Å². The summed E-state index contributed by atoms with van der Waals surface area (Å²) in [5.41, 5.74) is 1.22. The fourth-order valence-corrected chi connectivity index (χ4v) is 6.15. The highest BCUT2D eigenvalue weighted by molar-refractivity contribution is 5.81. The van der Waals surface area contributed by atoms with Crippen molar-refractivity contribution in [3.8, 4) is 5.69 Å². The summed E-state index contributed by atoms with van der Waals surface area (Å²) in [6.45, 7) is 3.13. The van der Waals surface area contributed by atoms with Gasteiger partial charge >= 0.3 is 0 Å². The molecule has 11 heteroatoms. The number of benzene rings is 1. The van der Waals surface area contributed by atoms with E-state index in [1.807, 2.05) is 35.5 Å². The molecule has 1 saturated carbocycles. The van der Waals surface area contributed by atoms with Gasteiger partial charge in [0.25, 0.3) is 5.56 Å². The molecule has 1 N–H and O–H groups in total. The molecule has 0 spiro atoms. The average Bonchev–Trinajstić information content (AvgIpc) is 3.50. The van der Waals surface area contributed by atoms with Crippen molar-refractivity contribution in [3.63, 3.8) is 0 Å². The van der Waals surface area contributed by atoms with E-state index in [1.165, 1.54) is 10.9 Å². The molecule has 0 bridgehead atoms. The highest BCUT2D eigenvalue weighted by atomic mass is 16.3. The minimum Gasteiger partial charge on any atom is -0.388 e. The minimum atomic E-state index is -1.04. The Bertz CT molecular complexity index is 1560. The first kappa shape index (κ1) is 25.0. The first-order valence-electron chi connectivity index (χ1n) is 14.3. The lowest BCUT2D eigenvalue weighted by atomic mass is 9.91. The molecule has 5 heterocycles. The van der Waals surface area contributed by atoms with Crippen LogP contribution in [0.1, 0.15) is 44.6 Å². The van der Waals surface area contributed by atoms with E-state index in [0.717, 1.165) is 50.1 Å². The largest absolute Gasteiger partial charge is 0.388 e. The van der Waals surface area contributed by atoms with E-state index in [-0.39, 0.29) is 23.9 Å². The maximum Gasteiger partial charge on any atom is 0.264 e. The van der Waals surface area contributed by atoms with Gasteiger partial charge in [0.15, 0.2) is 5.65 Å². The number of hydrogen-bond donors (Lipinski definition) is 1. The fraction of sp³-hybridized carbons (Fsp3) is 0.483. The summed E-state index contributed by atoms with van der Waals surface area (Å²) in [5.74, 6) is 0.386. The average molecular weight is 543 g/mol. The molecule has 3 fully saturated rings. The lowest BCUT2D eigenvalue weighted by Gasteiger charge is -2.38. The van der Waals surface area contributed by atoms with Crippen LogP contribution in [0.15, 0.2) is 60.0 Å². The van der Waals surface area contributed by atoms with Crippen molar-refractivity contribution in [3.05, 3.63) is 65.6 Å². The van der Waals surface area contributed by atoms with Gasteiger partial charge in [-0.05, 0) is 68.9 Å². The molecule has 3 aliphatic rings. The van der Waals surface area contributed by atoms with Crippen LogP contribution in [0, 0.1) is 5.92 Å². The molecule has 7 rings (SSSR count). The fourth-order valence-electron chi connectivity index (χ4n) is 6.15. The van der Waals surface area contributed by atoms with Gasteiger partial charge in [0.1, 0.15) is 11.7 Å². The van der Waals surface area contributed by atoms with Gasteiger partial charge in [0, 0.05) is 50.2 Å². The summed E-state index contributed by atoms with van der Waals surface area (Å²) in [7, 11) is 0. The molecule has 3 aromatic heterocycles. The van der Waals surface area contributed by atoms with Crippen LogP contribution in [0.2, 0.25) is 0 Å². The predicted octanol–water partition coefficient (Wildman–Crippen LogP) is 2.38. The van der Waals surface area contributed by atoms with Crippen LogP contribution in [-0.4, -0.2) is 76.8 Å². The van der Waals surface area contributed by atoms with Crippen LogP contribution in [0.4, 0.5) is 5.69 Å². The van der Waals surface area contributed by atoms with Gasteiger partial charge < -0.3 is 14.9 Å². The molecule has 0 radical (unpaired) electrons. The maximum atomic E-state index is 13.3. The Morgan fingerprint density at radius 2 is 1.70 bits per heavy atom. The van der Waals surface area contributed by atoms with Gasteiger partial charge in [-0.2, -0.15) is 10.2 Å². The Morgan fingerprint density at radius 3 is 2.38 bits per heavy atom. The van der Waals surface area contributed by atoms with Crippen molar-refractivity contribution in [2.45, 2.75) is 56.7 Å². The second kappa shape index (κ2) is 9.88. The number of carbonyl (C=O) groups excluding carboxylic acids is 1. The highest BCUT2D eigenvalue weighted by Gasteiger charge is 2.39. The van der Waals surface area contributed by atoms with E-state index in [4.69, 9.17) is 0 Å². The van der Waals surface area contributed by atoms with E-state index in [1.54, 1.807) is 10.9 Å². The molecule has 2 aliphatic heterocycles. The van der Waals surface area contributed by atoms with Crippen molar-refractivity contribution in [1.29, 1.82) is 0 Å². The summed E-state index contributed by atoms with van der Waals surface area (Å²) >= 11 is 0. The zero-order valence-electron chi connectivity index (χ0n) is 22.5. The van der Waals surface area contributed by atoms with Gasteiger partial charge in [-0.15, -0.1) is 0 Å². The number of nitrogens with zero attached hydrogens (tertiary/aromatic N) is 8. The third-order valence-corrected chi connectivity index (χ3v) is 8.77. The van der Waals surface area contributed by atoms with Gasteiger partial charge in [0.05, 0.1) is 30.1 Å². The quantitative estimate of drug-likeness (QED) is 0.398. The lowest BCUT2D eigenvalue weighted by molar-refractivity contribution is -0.137. The Kier molecular flexibility index (Phi) is 6.18. The van der Waals surface area contributed by atoms with E-state index < -0.39 is 5.60 Å². The molecule has 208 valence electrons. The van der Waals surface area contributed by atoms with E-state index in [0.29, 0.717) is 43.0 Å². The smallest absolute Gasteiger partial charge is 0.264 e. The Labute approximate surface area is 231 Å². The van der Waals surface area contributed by atoms with Gasteiger partial charge in [0.2, 0.25) is 5.91 Å². The number of rotatable bonds is 6. The molecular formula is C29H34N8O3. The van der Waals surface area contributed by atoms with Crippen molar-refractivity contribution in [1.82, 2.24) is 34.0 Å². The van der Waals surface area contributed by atoms with Crippen LogP contribution < -0.4 is 10.5 Å². The molecule has 1 amide bonds. The highest BCUT2D eigenvalue weighted by Crippen LogP contribution is 2.33. The summed E-state index contributed by atoms with van der Waals surface area (Å²) in [6, 6.07) is 10.6. The van der Waals surface area contributed by atoms with Crippen LogP contribution in [-0.2, 0) is 11.3 Å². The first-order chi connectivity index (χ1) is 19.5. The van der Waals surface area contributed by atoms with Crippen LogP contribution in [0.3, 0.4) is 0 Å². The monoisotopic (exact) mass is 542 g/mol. The second-order valence-electron chi connectivity index (χ2n) is 11.5. The molecule has 4 aromatic rings. The van der Waals surface area contributed by atoms with Crippen LogP contribution in [0.5, 0.6) is 0 Å². The predicted molar refractivity (Wildman–Crippen MR) is 149 cm³/mol. The number of hydrogen-bond acceptors (Lipinski definition) is 7. The normalized spacial score (nSPS) is 19.8. The molecule has 0 unspecified atom stereocenters. The number of aromatic nitrogens is 6. The topological polar surface area (TPSA) is 114 Å². The van der Waals surface area contributed by atoms with E-state index >= 15 is 0 Å². The Morgan fingerprint density at radius 1 is 0.975 bits per heavy atom. The van der Waals surface area contributed by atoms with Crippen LogP contribution in [0.25, 0.3) is 16.7 Å². The molecular weight excluding hydrogens is 508 g/mol. The molecule has 1 aromatic carbocycles. The minimum absolute atomic E-state index is 0.150. The second-order valence-corrected chi connectivity index (χ2v) is 11.5. The number of aliphatic hydroxyl groups is 1. The van der Waals surface area contributed by atoms with Crippen molar-refractivity contribution in [2.75, 3.05) is 31.1 Å². The van der Waals surface area contributed by atoms with Gasteiger partial charge in [-0.3, -0.25) is 18.8 Å². The maximum absolute atomic E-state index is 13.3. The number of anilines is 1. The summed E-state index contributed by atoms with van der Waals surface area (Å²) in [4.78, 5) is 34.5. The third kappa shape index (κ3) is 4.68. The van der Waals surface area contributed by atoms with Gasteiger partial charge in [-0.25, -0.2) is 9.67 Å². The SMILES string of the molecule is O=C(C1CC1)N1CCC(O)(Cn2cnc3c(cnn3-c3ccc(N4CCC(n5cccn5)CC4)cc3)c2=O)CC1. The van der Waals surface area contributed by atoms with Crippen LogP contribution >= 0.6 is 0 Å². The summed E-state index contributed by atoms with van der Waals surface area (Å²) < 4.78 is 5.22. The number of likely N-dealkylation sites (tertiary alicyclic amines) is 1.